The number of H-pyrrole nitrogens is 1. The highest BCUT2D eigenvalue weighted by atomic mass is 19.1. The van der Waals surface area contributed by atoms with E-state index >= 15 is 0 Å². The Labute approximate surface area is 83.4 Å². The van der Waals surface area contributed by atoms with Gasteiger partial charge in [0.15, 0.2) is 6.29 Å². The molecule has 0 radical (unpaired) electrons. The number of aromatic amines is 1. The first kappa shape index (κ1) is 8.16. The zero-order chi connectivity index (χ0) is 10.4. The van der Waals surface area contributed by atoms with E-state index in [9.17, 15) is 9.18 Å². The van der Waals surface area contributed by atoms with Gasteiger partial charge in [-0.3, -0.25) is 9.20 Å². The van der Waals surface area contributed by atoms with Crippen LogP contribution in [0.15, 0.2) is 24.4 Å². The Kier molecular flexibility index (Phi) is 1.45. The van der Waals surface area contributed by atoms with Crippen LogP contribution in [-0.4, -0.2) is 20.7 Å². The van der Waals surface area contributed by atoms with Gasteiger partial charge in [-0.2, -0.15) is 0 Å². The minimum atomic E-state index is -0.321. The molecule has 0 unspecified atom stereocenters. The van der Waals surface area contributed by atoms with Gasteiger partial charge in [0.1, 0.15) is 5.82 Å². The normalized spacial score (nSPS) is 11.3. The van der Waals surface area contributed by atoms with E-state index in [-0.39, 0.29) is 5.82 Å². The Morgan fingerprint density at radius 2 is 2.33 bits per heavy atom. The van der Waals surface area contributed by atoms with Gasteiger partial charge >= 0.3 is 0 Å². The van der Waals surface area contributed by atoms with Crippen molar-refractivity contribution in [2.45, 2.75) is 0 Å². The fraction of sp³-hybridized carbons (Fsp3) is 0. The van der Waals surface area contributed by atoms with Crippen molar-refractivity contribution in [2.75, 3.05) is 0 Å². The second kappa shape index (κ2) is 2.66. The predicted octanol–water partition coefficient (Wildman–Crippen LogP) is 1.77. The van der Waals surface area contributed by atoms with Gasteiger partial charge in [0.25, 0.3) is 0 Å². The van der Waals surface area contributed by atoms with Gasteiger partial charge in [0.05, 0.1) is 16.7 Å². The molecule has 0 saturated carbocycles. The van der Waals surface area contributed by atoms with Crippen LogP contribution in [0.25, 0.3) is 16.8 Å². The lowest BCUT2D eigenvalue weighted by molar-refractivity contribution is 0.111. The molecular formula is C10H6FN3O. The summed E-state index contributed by atoms with van der Waals surface area (Å²) in [5.41, 5.74) is 1.76. The molecule has 1 aromatic carbocycles. The number of aromatic nitrogens is 3. The van der Waals surface area contributed by atoms with Gasteiger partial charge in [-0.15, -0.1) is 0 Å². The van der Waals surface area contributed by atoms with Gasteiger partial charge < -0.3 is 4.98 Å². The molecule has 3 aromatic rings. The third-order valence-corrected chi connectivity index (χ3v) is 2.30. The van der Waals surface area contributed by atoms with Crippen LogP contribution in [0.2, 0.25) is 0 Å². The van der Waals surface area contributed by atoms with E-state index < -0.39 is 0 Å². The average Bonchev–Trinajstić information content (AvgIpc) is 2.75. The predicted molar refractivity (Wildman–Crippen MR) is 52.4 cm³/mol. The van der Waals surface area contributed by atoms with Crippen molar-refractivity contribution in [3.05, 3.63) is 35.9 Å². The van der Waals surface area contributed by atoms with Crippen molar-refractivity contribution in [3.8, 4) is 0 Å². The highest BCUT2D eigenvalue weighted by Gasteiger charge is 2.07. The SMILES string of the molecule is O=Cc1cn2c(nc3ccc(F)cc32)[nH]1. The summed E-state index contributed by atoms with van der Waals surface area (Å²) in [6.45, 7) is 0. The molecule has 4 nitrogen and oxygen atoms in total. The zero-order valence-corrected chi connectivity index (χ0v) is 7.57. The first-order valence-corrected chi connectivity index (χ1v) is 4.39. The Morgan fingerprint density at radius 1 is 1.47 bits per heavy atom. The summed E-state index contributed by atoms with van der Waals surface area (Å²) in [7, 11) is 0. The number of imidazole rings is 2. The molecule has 0 fully saturated rings. The van der Waals surface area contributed by atoms with E-state index in [0.717, 1.165) is 0 Å². The quantitative estimate of drug-likeness (QED) is 0.613. The molecule has 0 spiro atoms. The van der Waals surface area contributed by atoms with Crippen molar-refractivity contribution >= 4 is 23.1 Å². The Bertz CT molecular complexity index is 668. The topological polar surface area (TPSA) is 50.2 Å². The van der Waals surface area contributed by atoms with Crippen LogP contribution in [0.5, 0.6) is 0 Å². The molecule has 0 amide bonds. The molecular weight excluding hydrogens is 197 g/mol. The molecule has 3 rings (SSSR count). The lowest BCUT2D eigenvalue weighted by Gasteiger charge is -1.89. The second-order valence-corrected chi connectivity index (χ2v) is 3.27. The fourth-order valence-electron chi connectivity index (χ4n) is 1.65. The molecule has 0 atom stereocenters. The molecule has 0 saturated heterocycles. The maximum absolute atomic E-state index is 13.0. The van der Waals surface area contributed by atoms with E-state index in [4.69, 9.17) is 0 Å². The molecule has 0 bridgehead atoms. The van der Waals surface area contributed by atoms with Crippen molar-refractivity contribution in [2.24, 2.45) is 0 Å². The number of halogens is 1. The number of rotatable bonds is 1. The van der Waals surface area contributed by atoms with E-state index in [1.54, 1.807) is 16.7 Å². The molecule has 5 heteroatoms. The number of carbonyl (C=O) groups excluding carboxylic acids is 1. The van der Waals surface area contributed by atoms with Crippen LogP contribution in [0.1, 0.15) is 10.5 Å². The molecule has 2 aromatic heterocycles. The van der Waals surface area contributed by atoms with Gasteiger partial charge in [-0.1, -0.05) is 0 Å². The number of nitrogens with zero attached hydrogens (tertiary/aromatic N) is 2. The molecule has 1 N–H and O–H groups in total. The highest BCUT2D eigenvalue weighted by Crippen LogP contribution is 2.17. The maximum Gasteiger partial charge on any atom is 0.212 e. The monoisotopic (exact) mass is 203 g/mol. The number of carbonyl (C=O) groups is 1. The van der Waals surface area contributed by atoms with E-state index in [0.29, 0.717) is 28.8 Å². The standard InChI is InChI=1S/C10H6FN3O/c11-6-1-2-8-9(3-6)14-4-7(5-15)12-10(14)13-8/h1-5H,(H,12,13). The largest absolute Gasteiger partial charge is 0.321 e. The highest BCUT2D eigenvalue weighted by molar-refractivity contribution is 5.82. The maximum atomic E-state index is 13.0. The molecule has 2 heterocycles. The van der Waals surface area contributed by atoms with Gasteiger partial charge in [0, 0.05) is 12.3 Å². The van der Waals surface area contributed by atoms with Crippen LogP contribution in [0.3, 0.4) is 0 Å². The van der Waals surface area contributed by atoms with Gasteiger partial charge in [-0.05, 0) is 12.1 Å². The first-order chi connectivity index (χ1) is 7.28. The number of benzene rings is 1. The van der Waals surface area contributed by atoms with Gasteiger partial charge in [-0.25, -0.2) is 9.37 Å². The van der Waals surface area contributed by atoms with Crippen molar-refractivity contribution in [1.29, 1.82) is 0 Å². The van der Waals surface area contributed by atoms with Crippen LogP contribution in [0, 0.1) is 5.82 Å². The summed E-state index contributed by atoms with van der Waals surface area (Å²) in [5.74, 6) is 0.218. The van der Waals surface area contributed by atoms with E-state index in [1.807, 2.05) is 0 Å². The third-order valence-electron chi connectivity index (χ3n) is 2.30. The third kappa shape index (κ3) is 1.06. The Hall–Kier alpha value is -2.17. The van der Waals surface area contributed by atoms with Gasteiger partial charge in [0.2, 0.25) is 5.78 Å². The van der Waals surface area contributed by atoms with Crippen molar-refractivity contribution in [1.82, 2.24) is 14.4 Å². The number of nitrogens with one attached hydrogen (secondary N) is 1. The minimum Gasteiger partial charge on any atom is -0.321 e. The van der Waals surface area contributed by atoms with E-state index in [1.165, 1.54) is 12.1 Å². The Balaban J connectivity index is 2.47. The number of aldehydes is 1. The van der Waals surface area contributed by atoms with Crippen LogP contribution < -0.4 is 0 Å². The Morgan fingerprint density at radius 3 is 3.13 bits per heavy atom. The smallest absolute Gasteiger partial charge is 0.212 e. The molecule has 0 aliphatic carbocycles. The summed E-state index contributed by atoms with van der Waals surface area (Å²) in [4.78, 5) is 17.6. The summed E-state index contributed by atoms with van der Waals surface area (Å²) < 4.78 is 14.7. The lowest BCUT2D eigenvalue weighted by atomic mass is 10.3. The fourth-order valence-corrected chi connectivity index (χ4v) is 1.65. The minimum absolute atomic E-state index is 0.321. The lowest BCUT2D eigenvalue weighted by Crippen LogP contribution is -1.80. The molecule has 15 heavy (non-hydrogen) atoms. The summed E-state index contributed by atoms with van der Waals surface area (Å²) in [5, 5.41) is 0. The zero-order valence-electron chi connectivity index (χ0n) is 7.57. The van der Waals surface area contributed by atoms with E-state index in [2.05, 4.69) is 9.97 Å². The number of hydrogen-bond acceptors (Lipinski definition) is 2. The van der Waals surface area contributed by atoms with Crippen molar-refractivity contribution < 1.29 is 9.18 Å². The van der Waals surface area contributed by atoms with Crippen molar-refractivity contribution in [3.63, 3.8) is 0 Å². The molecule has 74 valence electrons. The first-order valence-electron chi connectivity index (χ1n) is 4.39. The molecule has 0 aliphatic rings. The van der Waals surface area contributed by atoms with Crippen LogP contribution in [-0.2, 0) is 0 Å². The number of hydrogen-bond donors (Lipinski definition) is 1. The average molecular weight is 203 g/mol. The number of fused-ring (bicyclic) bond motifs is 3. The van der Waals surface area contributed by atoms with Crippen LogP contribution in [0.4, 0.5) is 4.39 Å². The summed E-state index contributed by atoms with van der Waals surface area (Å²) in [6.07, 6.45) is 2.29. The molecule has 0 aliphatic heterocycles. The second-order valence-electron chi connectivity index (χ2n) is 3.27. The summed E-state index contributed by atoms with van der Waals surface area (Å²) >= 11 is 0. The summed E-state index contributed by atoms with van der Waals surface area (Å²) in [6, 6.07) is 4.35. The van der Waals surface area contributed by atoms with Crippen LogP contribution >= 0.6 is 0 Å².